The van der Waals surface area contributed by atoms with Crippen molar-refractivity contribution >= 4 is 19.9 Å². The van der Waals surface area contributed by atoms with Crippen LogP contribution in [-0.2, 0) is 19.9 Å². The summed E-state index contributed by atoms with van der Waals surface area (Å²) < 4.78 is 63.3. The molecule has 0 radical (unpaired) electrons. The molecule has 0 aromatic heterocycles. The molecule has 0 amide bonds. The van der Waals surface area contributed by atoms with Gasteiger partial charge >= 0.3 is 0 Å². The average Bonchev–Trinajstić information content (AvgIpc) is 2.35. The molecule has 0 aliphatic carbocycles. The highest BCUT2D eigenvalue weighted by Crippen LogP contribution is 2.19. The van der Waals surface area contributed by atoms with Crippen molar-refractivity contribution < 1.29 is 21.2 Å². The van der Waals surface area contributed by atoms with Crippen molar-refractivity contribution in [2.75, 3.05) is 12.8 Å². The van der Waals surface area contributed by atoms with Gasteiger partial charge in [-0.25, -0.2) is 25.9 Å². The number of hydrogen-bond acceptors (Lipinski definition) is 5. The largest absolute Gasteiger partial charge is 0.329 e. The fourth-order valence-electron chi connectivity index (χ4n) is 2.00. The van der Waals surface area contributed by atoms with Gasteiger partial charge in [0.15, 0.2) is 9.84 Å². The Morgan fingerprint density at radius 3 is 2.23 bits per heavy atom. The van der Waals surface area contributed by atoms with Crippen LogP contribution in [0.1, 0.15) is 20.3 Å². The summed E-state index contributed by atoms with van der Waals surface area (Å²) in [5, 5.41) is 0. The van der Waals surface area contributed by atoms with E-state index in [1.165, 1.54) is 0 Å². The van der Waals surface area contributed by atoms with E-state index in [-0.39, 0.29) is 17.4 Å². The van der Waals surface area contributed by atoms with Crippen LogP contribution in [0.2, 0.25) is 0 Å². The van der Waals surface area contributed by atoms with Gasteiger partial charge in [0.25, 0.3) is 0 Å². The zero-order valence-corrected chi connectivity index (χ0v) is 14.3. The van der Waals surface area contributed by atoms with Crippen LogP contribution in [0.3, 0.4) is 0 Å². The summed E-state index contributed by atoms with van der Waals surface area (Å²) in [6.07, 6.45) is 1.39. The molecule has 0 spiro atoms. The quantitative estimate of drug-likeness (QED) is 0.758. The third kappa shape index (κ3) is 5.01. The predicted octanol–water partition coefficient (Wildman–Crippen LogP) is 0.881. The van der Waals surface area contributed by atoms with Gasteiger partial charge in [-0.1, -0.05) is 13.8 Å². The number of sulfonamides is 1. The van der Waals surface area contributed by atoms with Gasteiger partial charge in [0.2, 0.25) is 10.0 Å². The van der Waals surface area contributed by atoms with Gasteiger partial charge < -0.3 is 5.73 Å². The molecular weight excluding hydrogens is 331 g/mol. The van der Waals surface area contributed by atoms with E-state index < -0.39 is 36.6 Å². The Morgan fingerprint density at radius 1 is 1.23 bits per heavy atom. The average molecular weight is 352 g/mol. The zero-order chi connectivity index (χ0) is 17.1. The van der Waals surface area contributed by atoms with Crippen LogP contribution < -0.4 is 10.5 Å². The lowest BCUT2D eigenvalue weighted by atomic mass is 10.1. The summed E-state index contributed by atoms with van der Waals surface area (Å²) in [5.74, 6) is -0.862. The van der Waals surface area contributed by atoms with Gasteiger partial charge in [-0.2, -0.15) is 0 Å². The molecule has 0 fully saturated rings. The molecule has 0 saturated carbocycles. The summed E-state index contributed by atoms with van der Waals surface area (Å²) in [6, 6.07) is 2.23. The molecule has 22 heavy (non-hydrogen) atoms. The minimum atomic E-state index is -3.97. The Labute approximate surface area is 130 Å². The van der Waals surface area contributed by atoms with E-state index in [4.69, 9.17) is 5.73 Å². The number of hydrogen-bond donors (Lipinski definition) is 2. The van der Waals surface area contributed by atoms with Crippen LogP contribution in [0.5, 0.6) is 0 Å². The first kappa shape index (κ1) is 19.0. The number of nitrogens with one attached hydrogen (secondary N) is 1. The maximum absolute atomic E-state index is 13.8. The summed E-state index contributed by atoms with van der Waals surface area (Å²) in [7, 11) is -7.72. The molecule has 9 heteroatoms. The zero-order valence-electron chi connectivity index (χ0n) is 12.7. The summed E-state index contributed by atoms with van der Waals surface area (Å²) in [5.41, 5.74) is 5.54. The minimum Gasteiger partial charge on any atom is -0.329 e. The highest BCUT2D eigenvalue weighted by molar-refractivity contribution is 7.90. The Hall–Kier alpha value is -1.03. The maximum atomic E-state index is 13.8. The Bertz CT molecular complexity index is 730. The second-order valence-corrected chi connectivity index (χ2v) is 9.25. The van der Waals surface area contributed by atoms with Gasteiger partial charge in [0.1, 0.15) is 10.7 Å². The fourth-order valence-corrected chi connectivity index (χ4v) is 4.00. The fraction of sp³-hybridized carbons (Fsp3) is 0.538. The number of sulfone groups is 1. The molecule has 1 unspecified atom stereocenters. The van der Waals surface area contributed by atoms with Gasteiger partial charge in [-0.05, 0) is 30.5 Å². The molecule has 0 aliphatic rings. The van der Waals surface area contributed by atoms with Crippen LogP contribution >= 0.6 is 0 Å². The van der Waals surface area contributed by atoms with Crippen molar-refractivity contribution in [3.63, 3.8) is 0 Å². The number of halogens is 1. The standard InChI is InChI=1S/C13H21FN2O4S2/c1-9(2)6-10(8-15)16-22(19,20)11-4-5-13(12(14)7-11)21(3,17)18/h4-5,7,9-10,16H,6,8,15H2,1-3H3. The van der Waals surface area contributed by atoms with Crippen molar-refractivity contribution in [2.45, 2.75) is 36.1 Å². The predicted molar refractivity (Wildman–Crippen MR) is 82.1 cm³/mol. The van der Waals surface area contributed by atoms with Crippen LogP contribution in [0.4, 0.5) is 4.39 Å². The van der Waals surface area contributed by atoms with Crippen molar-refractivity contribution in [1.29, 1.82) is 0 Å². The lowest BCUT2D eigenvalue weighted by Gasteiger charge is -2.19. The summed E-state index contributed by atoms with van der Waals surface area (Å²) in [4.78, 5) is -0.872. The maximum Gasteiger partial charge on any atom is 0.240 e. The molecule has 1 atom stereocenters. The van der Waals surface area contributed by atoms with E-state index >= 15 is 0 Å². The normalized spacial score (nSPS) is 14.3. The van der Waals surface area contributed by atoms with Crippen molar-refractivity contribution in [1.82, 2.24) is 4.72 Å². The second-order valence-electron chi connectivity index (χ2n) is 5.55. The lowest BCUT2D eigenvalue weighted by Crippen LogP contribution is -2.41. The number of nitrogens with two attached hydrogens (primary N) is 1. The lowest BCUT2D eigenvalue weighted by molar-refractivity contribution is 0.464. The Balaban J connectivity index is 3.11. The van der Waals surface area contributed by atoms with Crippen LogP contribution in [0.15, 0.2) is 28.0 Å². The second kappa shape index (κ2) is 7.03. The summed E-state index contributed by atoms with van der Waals surface area (Å²) >= 11 is 0. The highest BCUT2D eigenvalue weighted by Gasteiger charge is 2.23. The first-order valence-electron chi connectivity index (χ1n) is 6.69. The van der Waals surface area contributed by atoms with Crippen molar-refractivity contribution in [3.8, 4) is 0 Å². The Morgan fingerprint density at radius 2 is 1.82 bits per heavy atom. The molecule has 0 aliphatic heterocycles. The molecule has 0 heterocycles. The Kier molecular flexibility index (Phi) is 6.08. The van der Waals surface area contributed by atoms with Crippen LogP contribution in [-0.4, -0.2) is 35.7 Å². The van der Waals surface area contributed by atoms with Crippen LogP contribution in [0, 0.1) is 11.7 Å². The van der Waals surface area contributed by atoms with Gasteiger partial charge in [-0.3, -0.25) is 0 Å². The smallest absolute Gasteiger partial charge is 0.240 e. The molecule has 126 valence electrons. The minimum absolute atomic E-state index is 0.112. The molecule has 3 N–H and O–H groups in total. The van der Waals surface area contributed by atoms with E-state index in [2.05, 4.69) is 4.72 Å². The van der Waals surface area contributed by atoms with Crippen LogP contribution in [0.25, 0.3) is 0 Å². The van der Waals surface area contributed by atoms with E-state index in [0.717, 1.165) is 18.4 Å². The first-order valence-corrected chi connectivity index (χ1v) is 10.1. The molecule has 1 aromatic rings. The number of rotatable bonds is 7. The molecule has 1 aromatic carbocycles. The van der Waals surface area contributed by atoms with E-state index in [9.17, 15) is 21.2 Å². The van der Waals surface area contributed by atoms with Crippen molar-refractivity contribution in [3.05, 3.63) is 24.0 Å². The molecule has 6 nitrogen and oxygen atoms in total. The SMILES string of the molecule is CC(C)CC(CN)NS(=O)(=O)c1ccc(S(C)(=O)=O)c(F)c1. The number of benzene rings is 1. The van der Waals surface area contributed by atoms with Gasteiger partial charge in [0.05, 0.1) is 4.90 Å². The van der Waals surface area contributed by atoms with E-state index in [1.807, 2.05) is 13.8 Å². The molecule has 0 saturated heterocycles. The molecule has 0 bridgehead atoms. The monoisotopic (exact) mass is 352 g/mol. The molecular formula is C13H21FN2O4S2. The van der Waals surface area contributed by atoms with Gasteiger partial charge in [-0.15, -0.1) is 0 Å². The third-order valence-electron chi connectivity index (χ3n) is 2.98. The highest BCUT2D eigenvalue weighted by atomic mass is 32.2. The topological polar surface area (TPSA) is 106 Å². The van der Waals surface area contributed by atoms with E-state index in [1.54, 1.807) is 0 Å². The molecule has 1 rings (SSSR count). The van der Waals surface area contributed by atoms with E-state index in [0.29, 0.717) is 12.5 Å². The van der Waals surface area contributed by atoms with Gasteiger partial charge in [0, 0.05) is 18.8 Å². The summed E-state index contributed by atoms with van der Waals surface area (Å²) in [6.45, 7) is 3.97. The third-order valence-corrected chi connectivity index (χ3v) is 5.62. The first-order chi connectivity index (χ1) is 9.97. The van der Waals surface area contributed by atoms with Crippen molar-refractivity contribution in [2.24, 2.45) is 11.7 Å².